The second kappa shape index (κ2) is 12.9. The molecule has 3 aromatic heterocycles. The molecule has 1 saturated heterocycles. The Balaban J connectivity index is 1.55. The standard InChI is InChI=1S/C34H47N7O2S/c1-22-19-26(25-11-9-13-29(36-25)40(7)17-18-43-8)35-28-12-10-14-30(38-28)44-39-32(42)24-15-16-27(33(2,3)4)37-31(24)41-21-23(22)20-34(41,5)6/h9-16,22-23,26H,17-21H2,1-8H3,(H,35,38)(H,39,42). The molecule has 0 aromatic carbocycles. The third-order valence-corrected chi connectivity index (χ3v) is 9.62. The molecular formula is C34H47N7O2S. The van der Waals surface area contributed by atoms with E-state index in [0.29, 0.717) is 29.0 Å². The van der Waals surface area contributed by atoms with Crippen LogP contribution in [-0.4, -0.2) is 60.3 Å². The van der Waals surface area contributed by atoms with Crippen LogP contribution in [0.2, 0.25) is 0 Å². The summed E-state index contributed by atoms with van der Waals surface area (Å²) in [5.74, 6) is 3.01. The molecule has 236 valence electrons. The molecule has 1 fully saturated rings. The Kier molecular flexibility index (Phi) is 9.41. The maximum atomic E-state index is 13.7. The van der Waals surface area contributed by atoms with Crippen molar-refractivity contribution < 1.29 is 9.53 Å². The topological polar surface area (TPSA) is 95.5 Å². The number of nitrogens with zero attached hydrogens (tertiary/aromatic N) is 5. The number of rotatable bonds is 5. The van der Waals surface area contributed by atoms with E-state index in [1.807, 2.05) is 43.4 Å². The van der Waals surface area contributed by atoms with Gasteiger partial charge in [0.1, 0.15) is 22.5 Å². The maximum absolute atomic E-state index is 13.7. The van der Waals surface area contributed by atoms with Crippen molar-refractivity contribution in [2.24, 2.45) is 11.8 Å². The van der Waals surface area contributed by atoms with E-state index in [2.05, 4.69) is 73.5 Å². The maximum Gasteiger partial charge on any atom is 0.265 e. The van der Waals surface area contributed by atoms with Crippen LogP contribution in [0.25, 0.3) is 0 Å². The highest BCUT2D eigenvalue weighted by atomic mass is 32.2. The lowest BCUT2D eigenvalue weighted by molar-refractivity contribution is 0.0984. The number of anilines is 3. The van der Waals surface area contributed by atoms with E-state index in [0.717, 1.165) is 54.8 Å². The van der Waals surface area contributed by atoms with Gasteiger partial charge in [0.2, 0.25) is 0 Å². The van der Waals surface area contributed by atoms with E-state index in [9.17, 15) is 4.79 Å². The molecule has 4 bridgehead atoms. The predicted octanol–water partition coefficient (Wildman–Crippen LogP) is 6.49. The Morgan fingerprint density at radius 1 is 1.09 bits per heavy atom. The largest absolute Gasteiger partial charge is 0.383 e. The van der Waals surface area contributed by atoms with Crippen LogP contribution in [-0.2, 0) is 10.2 Å². The fourth-order valence-corrected chi connectivity index (χ4v) is 6.79. The molecule has 3 atom stereocenters. The predicted molar refractivity (Wildman–Crippen MR) is 180 cm³/mol. The second-order valence-corrected chi connectivity index (χ2v) is 14.7. The average molecular weight is 618 g/mol. The second-order valence-electron chi connectivity index (χ2n) is 13.8. The Morgan fingerprint density at radius 2 is 1.86 bits per heavy atom. The van der Waals surface area contributed by atoms with Gasteiger partial charge < -0.3 is 19.9 Å². The van der Waals surface area contributed by atoms with Gasteiger partial charge >= 0.3 is 0 Å². The Hall–Kier alpha value is -3.37. The molecule has 10 heteroatoms. The first-order valence-electron chi connectivity index (χ1n) is 15.5. The van der Waals surface area contributed by atoms with Crippen molar-refractivity contribution in [2.75, 3.05) is 49.0 Å². The van der Waals surface area contributed by atoms with Crippen molar-refractivity contribution in [3.8, 4) is 0 Å². The fraction of sp³-hybridized carbons (Fsp3) is 0.529. The van der Waals surface area contributed by atoms with Gasteiger partial charge in [-0.15, -0.1) is 0 Å². The molecule has 3 aromatic rings. The molecule has 1 amide bonds. The zero-order valence-corrected chi connectivity index (χ0v) is 28.2. The highest BCUT2D eigenvalue weighted by molar-refractivity contribution is 7.97. The van der Waals surface area contributed by atoms with E-state index >= 15 is 0 Å². The van der Waals surface area contributed by atoms with Gasteiger partial charge in [-0.25, -0.2) is 15.0 Å². The van der Waals surface area contributed by atoms with Crippen molar-refractivity contribution in [3.05, 3.63) is 65.5 Å². The van der Waals surface area contributed by atoms with Gasteiger partial charge in [-0.3, -0.25) is 9.52 Å². The molecule has 2 aliphatic heterocycles. The highest BCUT2D eigenvalue weighted by Gasteiger charge is 2.43. The summed E-state index contributed by atoms with van der Waals surface area (Å²) in [5.41, 5.74) is 2.23. The molecule has 2 N–H and O–H groups in total. The van der Waals surface area contributed by atoms with Gasteiger partial charge in [0, 0.05) is 55.8 Å². The van der Waals surface area contributed by atoms with Gasteiger partial charge in [0.25, 0.3) is 5.91 Å². The van der Waals surface area contributed by atoms with Gasteiger partial charge in [-0.2, -0.15) is 0 Å². The molecule has 2 aliphatic rings. The number of amides is 1. The first-order valence-corrected chi connectivity index (χ1v) is 16.3. The van der Waals surface area contributed by atoms with Crippen LogP contribution in [0.5, 0.6) is 0 Å². The van der Waals surface area contributed by atoms with Crippen molar-refractivity contribution in [3.63, 3.8) is 0 Å². The minimum atomic E-state index is -0.170. The minimum Gasteiger partial charge on any atom is -0.383 e. The third-order valence-electron chi connectivity index (χ3n) is 8.89. The fourth-order valence-electron chi connectivity index (χ4n) is 6.19. The summed E-state index contributed by atoms with van der Waals surface area (Å²) in [6.45, 7) is 15.6. The summed E-state index contributed by atoms with van der Waals surface area (Å²) in [4.78, 5) is 33.3. The van der Waals surface area contributed by atoms with Crippen LogP contribution in [0.15, 0.2) is 53.6 Å². The summed E-state index contributed by atoms with van der Waals surface area (Å²) in [6, 6.07) is 15.9. The molecule has 0 aliphatic carbocycles. The first-order chi connectivity index (χ1) is 20.9. The molecule has 44 heavy (non-hydrogen) atoms. The number of carbonyl (C=O) groups is 1. The van der Waals surface area contributed by atoms with Crippen molar-refractivity contribution in [1.29, 1.82) is 0 Å². The first kappa shape index (κ1) is 32.0. The molecule has 9 nitrogen and oxygen atoms in total. The number of hydrogen-bond donors (Lipinski definition) is 2. The number of aromatic nitrogens is 3. The van der Waals surface area contributed by atoms with Crippen LogP contribution in [0.4, 0.5) is 17.5 Å². The van der Waals surface area contributed by atoms with Gasteiger partial charge in [-0.1, -0.05) is 39.8 Å². The molecule has 5 rings (SSSR count). The number of methoxy groups -OCH3 is 1. The molecule has 0 radical (unpaired) electrons. The number of hydrogen-bond acceptors (Lipinski definition) is 9. The summed E-state index contributed by atoms with van der Waals surface area (Å²) >= 11 is 1.22. The van der Waals surface area contributed by atoms with Crippen LogP contribution in [0.3, 0.4) is 0 Å². The number of ether oxygens (including phenoxy) is 1. The van der Waals surface area contributed by atoms with Crippen molar-refractivity contribution >= 4 is 35.3 Å². The Morgan fingerprint density at radius 3 is 2.61 bits per heavy atom. The van der Waals surface area contributed by atoms with E-state index in [4.69, 9.17) is 19.7 Å². The van der Waals surface area contributed by atoms with Crippen molar-refractivity contribution in [1.82, 2.24) is 19.7 Å². The van der Waals surface area contributed by atoms with E-state index < -0.39 is 0 Å². The Labute approximate surface area is 266 Å². The van der Waals surface area contributed by atoms with Crippen LogP contribution in [0.1, 0.15) is 82.2 Å². The lowest BCUT2D eigenvalue weighted by Gasteiger charge is -2.34. The normalized spacial score (nSPS) is 21.9. The summed E-state index contributed by atoms with van der Waals surface area (Å²) in [5, 5.41) is 4.41. The van der Waals surface area contributed by atoms with Crippen LogP contribution >= 0.6 is 11.9 Å². The van der Waals surface area contributed by atoms with E-state index in [1.165, 1.54) is 11.9 Å². The number of fused-ring (bicyclic) bond motifs is 6. The molecule has 0 saturated carbocycles. The SMILES string of the molecule is COCCN(C)c1cccc(C2CC(C)C3CN(c4nc(C(C)(C)C)ccc4C(=O)NSc4cccc(n4)N2)C(C)(C)C3)n1. The summed E-state index contributed by atoms with van der Waals surface area (Å²) < 4.78 is 8.34. The summed E-state index contributed by atoms with van der Waals surface area (Å²) in [7, 11) is 3.76. The average Bonchev–Trinajstić information content (AvgIpc) is 3.32. The van der Waals surface area contributed by atoms with E-state index in [-0.39, 0.29) is 22.9 Å². The quantitative estimate of drug-likeness (QED) is 0.312. The molecular weight excluding hydrogens is 570 g/mol. The van der Waals surface area contributed by atoms with Gasteiger partial charge in [0.05, 0.1) is 23.9 Å². The van der Waals surface area contributed by atoms with Crippen molar-refractivity contribution in [2.45, 2.75) is 76.4 Å². The molecule has 0 spiro atoms. The zero-order chi connectivity index (χ0) is 31.6. The zero-order valence-electron chi connectivity index (χ0n) is 27.3. The lowest BCUT2D eigenvalue weighted by Crippen LogP contribution is -2.40. The molecule has 5 heterocycles. The third kappa shape index (κ3) is 7.12. The monoisotopic (exact) mass is 617 g/mol. The highest BCUT2D eigenvalue weighted by Crippen LogP contribution is 2.43. The number of pyridine rings is 3. The summed E-state index contributed by atoms with van der Waals surface area (Å²) in [6.07, 6.45) is 1.88. The van der Waals surface area contributed by atoms with Gasteiger partial charge in [0.15, 0.2) is 0 Å². The Bertz CT molecular complexity index is 1470. The van der Waals surface area contributed by atoms with Crippen LogP contribution in [0, 0.1) is 11.8 Å². The number of nitrogens with one attached hydrogen (secondary N) is 2. The van der Waals surface area contributed by atoms with E-state index in [1.54, 1.807) is 7.11 Å². The molecule has 3 unspecified atom stereocenters. The lowest BCUT2D eigenvalue weighted by atomic mass is 9.83. The number of likely N-dealkylation sites (N-methyl/N-ethyl adjacent to an activating group) is 1. The smallest absolute Gasteiger partial charge is 0.265 e. The minimum absolute atomic E-state index is 0.0525. The van der Waals surface area contributed by atoms with Gasteiger partial charge in [-0.05, 0) is 74.9 Å². The number of carbonyl (C=O) groups excluding carboxylic acids is 1. The van der Waals surface area contributed by atoms with Crippen LogP contribution < -0.4 is 19.8 Å².